The van der Waals surface area contributed by atoms with Gasteiger partial charge in [-0.3, -0.25) is 4.79 Å². The van der Waals surface area contributed by atoms with E-state index < -0.39 is 0 Å². The summed E-state index contributed by atoms with van der Waals surface area (Å²) in [7, 11) is 1.35. The molecule has 0 aliphatic carbocycles. The molecule has 0 saturated carbocycles. The lowest BCUT2D eigenvalue weighted by molar-refractivity contribution is -0.118. The van der Waals surface area contributed by atoms with Crippen molar-refractivity contribution in [1.29, 1.82) is 0 Å². The first-order valence-electron chi connectivity index (χ1n) is 6.42. The zero-order valence-corrected chi connectivity index (χ0v) is 11.0. The van der Waals surface area contributed by atoms with E-state index >= 15 is 0 Å². The Morgan fingerprint density at radius 3 is 3.00 bits per heavy atom. The standard InChI is InChI=1S/C14H18N2O3/c1-19-14(18)11-4-2-5-12(10-11)16-9-3-7-15-8-6-13(16)17/h2,4-5,10,15H,3,6-9H2,1H3. The van der Waals surface area contributed by atoms with Gasteiger partial charge >= 0.3 is 5.97 Å². The second-order valence-corrected chi connectivity index (χ2v) is 4.44. The van der Waals surface area contributed by atoms with Crippen molar-refractivity contribution in [1.82, 2.24) is 5.32 Å². The Morgan fingerprint density at radius 2 is 2.21 bits per heavy atom. The van der Waals surface area contributed by atoms with Gasteiger partial charge in [-0.05, 0) is 31.2 Å². The zero-order chi connectivity index (χ0) is 13.7. The van der Waals surface area contributed by atoms with Gasteiger partial charge in [0.2, 0.25) is 5.91 Å². The van der Waals surface area contributed by atoms with E-state index in [0.717, 1.165) is 18.7 Å². The number of nitrogens with zero attached hydrogens (tertiary/aromatic N) is 1. The molecule has 0 spiro atoms. The van der Waals surface area contributed by atoms with Gasteiger partial charge in [-0.15, -0.1) is 0 Å². The Hall–Kier alpha value is -1.88. The summed E-state index contributed by atoms with van der Waals surface area (Å²) in [4.78, 5) is 25.3. The summed E-state index contributed by atoms with van der Waals surface area (Å²) in [6, 6.07) is 7.01. The SMILES string of the molecule is COC(=O)c1cccc(N2CCCNCCC2=O)c1. The van der Waals surface area contributed by atoms with Crippen molar-refractivity contribution in [2.75, 3.05) is 31.6 Å². The van der Waals surface area contributed by atoms with Crippen LogP contribution in [0.2, 0.25) is 0 Å². The van der Waals surface area contributed by atoms with Crippen molar-refractivity contribution < 1.29 is 14.3 Å². The molecule has 0 radical (unpaired) electrons. The van der Waals surface area contributed by atoms with Gasteiger partial charge in [0.25, 0.3) is 0 Å². The molecule has 0 bridgehead atoms. The number of nitrogens with one attached hydrogen (secondary N) is 1. The predicted molar refractivity (Wildman–Crippen MR) is 72.2 cm³/mol. The van der Waals surface area contributed by atoms with Crippen LogP contribution in [-0.4, -0.2) is 38.6 Å². The third-order valence-electron chi connectivity index (χ3n) is 3.13. The number of methoxy groups -OCH3 is 1. The van der Waals surface area contributed by atoms with Crippen LogP contribution in [0.4, 0.5) is 5.69 Å². The van der Waals surface area contributed by atoms with Gasteiger partial charge in [0, 0.05) is 25.2 Å². The molecular weight excluding hydrogens is 244 g/mol. The van der Waals surface area contributed by atoms with Crippen LogP contribution in [0.5, 0.6) is 0 Å². The van der Waals surface area contributed by atoms with E-state index in [1.807, 2.05) is 6.07 Å². The van der Waals surface area contributed by atoms with Crippen LogP contribution >= 0.6 is 0 Å². The van der Waals surface area contributed by atoms with Gasteiger partial charge in [-0.2, -0.15) is 0 Å². The average molecular weight is 262 g/mol. The largest absolute Gasteiger partial charge is 0.465 e. The average Bonchev–Trinajstić information content (AvgIpc) is 2.42. The van der Waals surface area contributed by atoms with Gasteiger partial charge in [-0.25, -0.2) is 4.79 Å². The van der Waals surface area contributed by atoms with E-state index in [2.05, 4.69) is 5.32 Å². The Labute approximate surface area is 112 Å². The molecule has 1 amide bonds. The highest BCUT2D eigenvalue weighted by atomic mass is 16.5. The molecule has 1 N–H and O–H groups in total. The predicted octanol–water partition coefficient (Wildman–Crippen LogP) is 1.19. The van der Waals surface area contributed by atoms with Crippen molar-refractivity contribution in [2.45, 2.75) is 12.8 Å². The quantitative estimate of drug-likeness (QED) is 0.813. The fourth-order valence-electron chi connectivity index (χ4n) is 2.13. The molecule has 102 valence electrons. The first-order valence-corrected chi connectivity index (χ1v) is 6.42. The molecule has 1 aromatic rings. The van der Waals surface area contributed by atoms with Crippen LogP contribution in [-0.2, 0) is 9.53 Å². The molecule has 1 fully saturated rings. The van der Waals surface area contributed by atoms with Crippen LogP contribution in [0, 0.1) is 0 Å². The van der Waals surface area contributed by atoms with Crippen molar-refractivity contribution in [3.8, 4) is 0 Å². The van der Waals surface area contributed by atoms with E-state index in [1.54, 1.807) is 23.1 Å². The summed E-state index contributed by atoms with van der Waals surface area (Å²) in [6.07, 6.45) is 1.37. The zero-order valence-electron chi connectivity index (χ0n) is 11.0. The van der Waals surface area contributed by atoms with E-state index in [9.17, 15) is 9.59 Å². The Balaban J connectivity index is 2.23. The molecule has 1 aliphatic heterocycles. The van der Waals surface area contributed by atoms with Crippen LogP contribution in [0.25, 0.3) is 0 Å². The third-order valence-corrected chi connectivity index (χ3v) is 3.13. The Kier molecular flexibility index (Phi) is 4.52. The van der Waals surface area contributed by atoms with E-state index in [0.29, 0.717) is 25.1 Å². The molecule has 2 rings (SSSR count). The molecule has 1 heterocycles. The van der Waals surface area contributed by atoms with Crippen LogP contribution < -0.4 is 10.2 Å². The number of amides is 1. The van der Waals surface area contributed by atoms with Crippen LogP contribution in [0.1, 0.15) is 23.2 Å². The van der Waals surface area contributed by atoms with E-state index in [1.165, 1.54) is 7.11 Å². The maximum Gasteiger partial charge on any atom is 0.337 e. The van der Waals surface area contributed by atoms with E-state index in [4.69, 9.17) is 4.74 Å². The van der Waals surface area contributed by atoms with Gasteiger partial charge in [-0.1, -0.05) is 6.07 Å². The first kappa shape index (κ1) is 13.5. The third kappa shape index (κ3) is 3.32. The normalized spacial score (nSPS) is 16.7. The van der Waals surface area contributed by atoms with Crippen molar-refractivity contribution in [2.24, 2.45) is 0 Å². The number of hydrogen-bond donors (Lipinski definition) is 1. The maximum absolute atomic E-state index is 12.1. The number of carbonyl (C=O) groups excluding carboxylic acids is 2. The minimum Gasteiger partial charge on any atom is -0.465 e. The highest BCUT2D eigenvalue weighted by Gasteiger charge is 2.18. The van der Waals surface area contributed by atoms with Gasteiger partial charge in [0.15, 0.2) is 0 Å². The molecule has 1 aliphatic rings. The number of anilines is 1. The molecule has 19 heavy (non-hydrogen) atoms. The van der Waals surface area contributed by atoms with Gasteiger partial charge in [0.05, 0.1) is 12.7 Å². The minimum absolute atomic E-state index is 0.0780. The number of rotatable bonds is 2. The number of ether oxygens (including phenoxy) is 1. The smallest absolute Gasteiger partial charge is 0.337 e. The summed E-state index contributed by atoms with van der Waals surface area (Å²) < 4.78 is 4.70. The topological polar surface area (TPSA) is 58.6 Å². The summed E-state index contributed by atoms with van der Waals surface area (Å²) in [5.41, 5.74) is 1.22. The van der Waals surface area contributed by atoms with Crippen LogP contribution in [0.15, 0.2) is 24.3 Å². The van der Waals surface area contributed by atoms with Crippen molar-refractivity contribution in [3.05, 3.63) is 29.8 Å². The van der Waals surface area contributed by atoms with Gasteiger partial charge in [0.1, 0.15) is 0 Å². The van der Waals surface area contributed by atoms with Crippen molar-refractivity contribution >= 4 is 17.6 Å². The fraction of sp³-hybridized carbons (Fsp3) is 0.429. The monoisotopic (exact) mass is 262 g/mol. The van der Waals surface area contributed by atoms with Crippen LogP contribution in [0.3, 0.4) is 0 Å². The summed E-state index contributed by atoms with van der Waals surface area (Å²) >= 11 is 0. The molecule has 1 aromatic carbocycles. The summed E-state index contributed by atoms with van der Waals surface area (Å²) in [5, 5.41) is 3.21. The molecule has 1 saturated heterocycles. The molecule has 0 aromatic heterocycles. The minimum atomic E-state index is -0.386. The summed E-state index contributed by atoms with van der Waals surface area (Å²) in [6.45, 7) is 2.27. The number of carbonyl (C=O) groups is 2. The number of hydrogen-bond acceptors (Lipinski definition) is 4. The second kappa shape index (κ2) is 6.33. The Bertz CT molecular complexity index is 474. The lowest BCUT2D eigenvalue weighted by Crippen LogP contribution is -2.38. The second-order valence-electron chi connectivity index (χ2n) is 4.44. The molecule has 0 unspecified atom stereocenters. The highest BCUT2D eigenvalue weighted by Crippen LogP contribution is 2.18. The van der Waals surface area contributed by atoms with E-state index in [-0.39, 0.29) is 11.9 Å². The first-order chi connectivity index (χ1) is 9.22. The summed E-state index contributed by atoms with van der Waals surface area (Å²) in [5.74, 6) is -0.308. The number of benzene rings is 1. The molecular formula is C14H18N2O3. The fourth-order valence-corrected chi connectivity index (χ4v) is 2.13. The molecule has 5 nitrogen and oxygen atoms in total. The lowest BCUT2D eigenvalue weighted by atomic mass is 10.1. The number of esters is 1. The van der Waals surface area contributed by atoms with Crippen molar-refractivity contribution in [3.63, 3.8) is 0 Å². The Morgan fingerprint density at radius 1 is 1.37 bits per heavy atom. The lowest BCUT2D eigenvalue weighted by Gasteiger charge is -2.25. The maximum atomic E-state index is 12.1. The molecule has 0 atom stereocenters. The highest BCUT2D eigenvalue weighted by molar-refractivity contribution is 5.96. The van der Waals surface area contributed by atoms with Gasteiger partial charge < -0.3 is 15.0 Å². The molecule has 5 heteroatoms.